The number of anilines is 1. The summed E-state index contributed by atoms with van der Waals surface area (Å²) in [4.78, 5) is 20.8. The molecular formula is C15H9FIN3O. The standard InChI is InChI=1S/C15H9FIN3O/c16-9-4-5-12(11(17)8-9)20-15(21)10-2-1-3-13-14(10)19-7-6-18-13/h1-8H,(H,20,21). The Labute approximate surface area is 133 Å². The van der Waals surface area contributed by atoms with Crippen LogP contribution in [-0.4, -0.2) is 15.9 Å². The van der Waals surface area contributed by atoms with Crippen molar-refractivity contribution >= 4 is 45.2 Å². The Balaban J connectivity index is 1.97. The van der Waals surface area contributed by atoms with E-state index in [2.05, 4.69) is 15.3 Å². The van der Waals surface area contributed by atoms with E-state index in [9.17, 15) is 9.18 Å². The van der Waals surface area contributed by atoms with Crippen LogP contribution in [0.4, 0.5) is 10.1 Å². The van der Waals surface area contributed by atoms with Crippen molar-refractivity contribution in [2.24, 2.45) is 0 Å². The number of hydrogen-bond donors (Lipinski definition) is 1. The fourth-order valence-electron chi connectivity index (χ4n) is 1.96. The summed E-state index contributed by atoms with van der Waals surface area (Å²) in [6, 6.07) is 9.43. The molecular weight excluding hydrogens is 384 g/mol. The molecule has 0 atom stereocenters. The zero-order chi connectivity index (χ0) is 14.8. The van der Waals surface area contributed by atoms with E-state index in [0.717, 1.165) is 0 Å². The lowest BCUT2D eigenvalue weighted by Crippen LogP contribution is -2.14. The number of halogens is 2. The van der Waals surface area contributed by atoms with Crippen LogP contribution in [0.5, 0.6) is 0 Å². The topological polar surface area (TPSA) is 54.9 Å². The average Bonchev–Trinajstić information content (AvgIpc) is 2.49. The largest absolute Gasteiger partial charge is 0.321 e. The van der Waals surface area contributed by atoms with Gasteiger partial charge in [-0.2, -0.15) is 0 Å². The van der Waals surface area contributed by atoms with Crippen LogP contribution in [0.1, 0.15) is 10.4 Å². The van der Waals surface area contributed by atoms with Gasteiger partial charge >= 0.3 is 0 Å². The Bertz CT molecular complexity index is 833. The molecule has 0 saturated heterocycles. The summed E-state index contributed by atoms with van der Waals surface area (Å²) in [5, 5.41) is 2.76. The van der Waals surface area contributed by atoms with Gasteiger partial charge in [-0.3, -0.25) is 14.8 Å². The smallest absolute Gasteiger partial charge is 0.257 e. The molecule has 0 aliphatic heterocycles. The highest BCUT2D eigenvalue weighted by molar-refractivity contribution is 14.1. The molecule has 0 fully saturated rings. The molecule has 0 radical (unpaired) electrons. The molecule has 104 valence electrons. The van der Waals surface area contributed by atoms with E-state index in [0.29, 0.717) is 25.9 Å². The van der Waals surface area contributed by atoms with Gasteiger partial charge in [0.25, 0.3) is 5.91 Å². The maximum atomic E-state index is 13.1. The van der Waals surface area contributed by atoms with E-state index in [1.807, 2.05) is 22.6 Å². The van der Waals surface area contributed by atoms with Crippen molar-refractivity contribution in [3.05, 3.63) is 63.7 Å². The molecule has 3 rings (SSSR count). The maximum Gasteiger partial charge on any atom is 0.257 e. The zero-order valence-electron chi connectivity index (χ0n) is 10.7. The second kappa shape index (κ2) is 5.72. The van der Waals surface area contributed by atoms with Gasteiger partial charge in [-0.05, 0) is 52.9 Å². The summed E-state index contributed by atoms with van der Waals surface area (Å²) in [6.07, 6.45) is 3.12. The van der Waals surface area contributed by atoms with Crippen molar-refractivity contribution < 1.29 is 9.18 Å². The molecule has 1 heterocycles. The second-order valence-electron chi connectivity index (χ2n) is 4.31. The fraction of sp³-hybridized carbons (Fsp3) is 0. The lowest BCUT2D eigenvalue weighted by atomic mass is 10.1. The lowest BCUT2D eigenvalue weighted by Gasteiger charge is -2.08. The number of benzene rings is 2. The van der Waals surface area contributed by atoms with Gasteiger partial charge in [-0.25, -0.2) is 4.39 Å². The maximum absolute atomic E-state index is 13.1. The van der Waals surface area contributed by atoms with Crippen molar-refractivity contribution in [3.8, 4) is 0 Å². The number of rotatable bonds is 2. The molecule has 0 spiro atoms. The molecule has 0 aliphatic rings. The monoisotopic (exact) mass is 393 g/mol. The van der Waals surface area contributed by atoms with Gasteiger partial charge in [-0.15, -0.1) is 0 Å². The van der Waals surface area contributed by atoms with Crippen molar-refractivity contribution in [1.29, 1.82) is 0 Å². The minimum absolute atomic E-state index is 0.300. The van der Waals surface area contributed by atoms with E-state index in [4.69, 9.17) is 0 Å². The molecule has 1 amide bonds. The van der Waals surface area contributed by atoms with E-state index in [1.54, 1.807) is 30.6 Å². The zero-order valence-corrected chi connectivity index (χ0v) is 12.8. The van der Waals surface area contributed by atoms with E-state index in [-0.39, 0.29) is 11.7 Å². The van der Waals surface area contributed by atoms with Gasteiger partial charge in [0.2, 0.25) is 0 Å². The number of carbonyl (C=O) groups excluding carboxylic acids is 1. The van der Waals surface area contributed by atoms with Crippen LogP contribution in [0.25, 0.3) is 11.0 Å². The number of hydrogen-bond acceptors (Lipinski definition) is 3. The van der Waals surface area contributed by atoms with Crippen LogP contribution in [0.15, 0.2) is 48.8 Å². The third-order valence-corrected chi connectivity index (χ3v) is 3.82. The highest BCUT2D eigenvalue weighted by Gasteiger charge is 2.13. The summed E-state index contributed by atoms with van der Waals surface area (Å²) in [6.45, 7) is 0. The first kappa shape index (κ1) is 13.9. The minimum Gasteiger partial charge on any atom is -0.321 e. The SMILES string of the molecule is O=C(Nc1ccc(F)cc1I)c1cccc2nccnc12. The molecule has 0 unspecified atom stereocenters. The second-order valence-corrected chi connectivity index (χ2v) is 5.47. The highest BCUT2D eigenvalue weighted by Crippen LogP contribution is 2.21. The lowest BCUT2D eigenvalue weighted by molar-refractivity contribution is 0.102. The van der Waals surface area contributed by atoms with Crippen LogP contribution in [-0.2, 0) is 0 Å². The predicted molar refractivity (Wildman–Crippen MR) is 86.6 cm³/mol. The Morgan fingerprint density at radius 2 is 1.95 bits per heavy atom. The molecule has 4 nitrogen and oxygen atoms in total. The number of carbonyl (C=O) groups is 1. The fourth-order valence-corrected chi connectivity index (χ4v) is 2.57. The molecule has 1 aromatic heterocycles. The average molecular weight is 393 g/mol. The van der Waals surface area contributed by atoms with Crippen molar-refractivity contribution in [2.75, 3.05) is 5.32 Å². The van der Waals surface area contributed by atoms with Crippen LogP contribution < -0.4 is 5.32 Å². The normalized spacial score (nSPS) is 10.6. The molecule has 21 heavy (non-hydrogen) atoms. The first-order chi connectivity index (χ1) is 10.1. The Morgan fingerprint density at radius 3 is 2.76 bits per heavy atom. The van der Waals surface area contributed by atoms with Gasteiger partial charge in [0, 0.05) is 16.0 Å². The minimum atomic E-state index is -0.339. The molecule has 2 aromatic carbocycles. The summed E-state index contributed by atoms with van der Waals surface area (Å²) >= 11 is 1.97. The summed E-state index contributed by atoms with van der Waals surface area (Å²) in [5.41, 5.74) is 2.18. The molecule has 0 bridgehead atoms. The van der Waals surface area contributed by atoms with Crippen LogP contribution in [0.3, 0.4) is 0 Å². The number of para-hydroxylation sites is 1. The number of nitrogens with one attached hydrogen (secondary N) is 1. The van der Waals surface area contributed by atoms with Crippen LogP contribution in [0.2, 0.25) is 0 Å². The number of fused-ring (bicyclic) bond motifs is 1. The number of amides is 1. The molecule has 0 saturated carbocycles. The van der Waals surface area contributed by atoms with Crippen molar-refractivity contribution in [2.45, 2.75) is 0 Å². The Morgan fingerprint density at radius 1 is 1.14 bits per heavy atom. The van der Waals surface area contributed by atoms with Gasteiger partial charge in [0.05, 0.1) is 16.8 Å². The van der Waals surface area contributed by atoms with E-state index in [1.165, 1.54) is 18.2 Å². The quantitative estimate of drug-likeness (QED) is 0.677. The number of nitrogens with zero attached hydrogens (tertiary/aromatic N) is 2. The first-order valence-corrected chi connectivity index (χ1v) is 7.19. The number of aromatic nitrogens is 2. The summed E-state index contributed by atoms with van der Waals surface area (Å²) in [5.74, 6) is -0.640. The van der Waals surface area contributed by atoms with Gasteiger partial charge < -0.3 is 5.32 Å². The van der Waals surface area contributed by atoms with Crippen LogP contribution >= 0.6 is 22.6 Å². The molecule has 3 aromatic rings. The summed E-state index contributed by atoms with van der Waals surface area (Å²) in [7, 11) is 0. The van der Waals surface area contributed by atoms with Gasteiger partial charge in [0.15, 0.2) is 0 Å². The van der Waals surface area contributed by atoms with Gasteiger partial charge in [0.1, 0.15) is 11.3 Å². The predicted octanol–water partition coefficient (Wildman–Crippen LogP) is 3.63. The third-order valence-electron chi connectivity index (χ3n) is 2.92. The summed E-state index contributed by atoms with van der Waals surface area (Å²) < 4.78 is 13.7. The first-order valence-electron chi connectivity index (χ1n) is 6.11. The molecule has 0 aliphatic carbocycles. The van der Waals surface area contributed by atoms with E-state index < -0.39 is 0 Å². The van der Waals surface area contributed by atoms with Crippen molar-refractivity contribution in [1.82, 2.24) is 9.97 Å². The third kappa shape index (κ3) is 2.85. The molecule has 6 heteroatoms. The van der Waals surface area contributed by atoms with E-state index >= 15 is 0 Å². The van der Waals surface area contributed by atoms with Crippen LogP contribution in [0, 0.1) is 9.39 Å². The Hall–Kier alpha value is -2.09. The van der Waals surface area contributed by atoms with Crippen molar-refractivity contribution in [3.63, 3.8) is 0 Å². The highest BCUT2D eigenvalue weighted by atomic mass is 127. The Kier molecular flexibility index (Phi) is 3.78. The molecule has 1 N–H and O–H groups in total. The van der Waals surface area contributed by atoms with Gasteiger partial charge in [-0.1, -0.05) is 6.07 Å².